The number of carbonyl (C=O) groups is 3. The fraction of sp³-hybridized carbons (Fsp3) is 0.167. The first-order valence-electron chi connectivity index (χ1n) is 7.71. The zero-order valence-corrected chi connectivity index (χ0v) is 13.5. The Balaban J connectivity index is 1.67. The van der Waals surface area contributed by atoms with Gasteiger partial charge in [0.1, 0.15) is 11.8 Å². The van der Waals surface area contributed by atoms with Crippen molar-refractivity contribution in [2.24, 2.45) is 0 Å². The number of carbonyl (C=O) groups excluding carboxylic acids is 3. The lowest BCUT2D eigenvalue weighted by Gasteiger charge is -2.14. The van der Waals surface area contributed by atoms with Crippen molar-refractivity contribution in [1.82, 2.24) is 5.32 Å². The number of nitrogens with one attached hydrogen (secondary N) is 3. The molecule has 3 N–H and O–H groups in total. The quantitative estimate of drug-likeness (QED) is 0.791. The van der Waals surface area contributed by atoms with Crippen molar-refractivity contribution in [3.05, 3.63) is 54.1 Å². The van der Waals surface area contributed by atoms with Gasteiger partial charge in [-0.2, -0.15) is 0 Å². The van der Waals surface area contributed by atoms with Crippen LogP contribution in [0.3, 0.4) is 0 Å². The number of para-hydroxylation sites is 1. The van der Waals surface area contributed by atoms with Crippen molar-refractivity contribution >= 4 is 29.1 Å². The number of hydrogen-bond acceptors (Lipinski definition) is 4. The summed E-state index contributed by atoms with van der Waals surface area (Å²) in [7, 11) is 1.55. The van der Waals surface area contributed by atoms with Gasteiger partial charge >= 0.3 is 0 Å². The number of rotatable bonds is 4. The largest absolute Gasteiger partial charge is 0.497 e. The molecule has 0 aromatic heterocycles. The summed E-state index contributed by atoms with van der Waals surface area (Å²) in [6.45, 7) is 0. The summed E-state index contributed by atoms with van der Waals surface area (Å²) < 4.78 is 5.05. The van der Waals surface area contributed by atoms with Crippen LogP contribution in [-0.4, -0.2) is 30.9 Å². The summed E-state index contributed by atoms with van der Waals surface area (Å²) in [5, 5.41) is 7.95. The van der Waals surface area contributed by atoms with Gasteiger partial charge in [-0.3, -0.25) is 14.4 Å². The molecule has 7 heteroatoms. The highest BCUT2D eigenvalue weighted by Crippen LogP contribution is 2.19. The molecule has 0 saturated heterocycles. The summed E-state index contributed by atoms with van der Waals surface area (Å²) in [5.74, 6) is -0.526. The van der Waals surface area contributed by atoms with Crippen LogP contribution in [0.2, 0.25) is 0 Å². The van der Waals surface area contributed by atoms with Gasteiger partial charge < -0.3 is 20.7 Å². The molecule has 0 spiro atoms. The van der Waals surface area contributed by atoms with Crippen molar-refractivity contribution in [1.29, 1.82) is 0 Å². The SMILES string of the molecule is COc1ccc(NC(=O)C[C@@H]2NC(=O)c3ccccc3NC2=O)cc1. The minimum Gasteiger partial charge on any atom is -0.497 e. The number of anilines is 2. The van der Waals surface area contributed by atoms with E-state index in [1.54, 1.807) is 55.6 Å². The van der Waals surface area contributed by atoms with Gasteiger partial charge in [0.25, 0.3) is 5.91 Å². The average molecular weight is 339 g/mol. The van der Waals surface area contributed by atoms with E-state index in [0.717, 1.165) is 0 Å². The Morgan fingerprint density at radius 2 is 1.84 bits per heavy atom. The molecule has 25 heavy (non-hydrogen) atoms. The maximum Gasteiger partial charge on any atom is 0.254 e. The Bertz CT molecular complexity index is 817. The molecule has 1 atom stereocenters. The molecule has 0 saturated carbocycles. The van der Waals surface area contributed by atoms with Crippen molar-refractivity contribution in [3.8, 4) is 5.75 Å². The topological polar surface area (TPSA) is 96.5 Å². The van der Waals surface area contributed by atoms with Crippen molar-refractivity contribution in [2.45, 2.75) is 12.5 Å². The van der Waals surface area contributed by atoms with Gasteiger partial charge in [-0.05, 0) is 36.4 Å². The highest BCUT2D eigenvalue weighted by atomic mass is 16.5. The standard InChI is InChI=1S/C18H17N3O4/c1-25-12-8-6-11(7-9-12)19-16(22)10-15-18(24)20-14-5-3-2-4-13(14)17(23)21-15/h2-9,15H,10H2,1H3,(H,19,22)(H,20,24)(H,21,23)/t15-/m0/s1. The highest BCUT2D eigenvalue weighted by Gasteiger charge is 2.29. The van der Waals surface area contributed by atoms with Gasteiger partial charge in [0.2, 0.25) is 11.8 Å². The smallest absolute Gasteiger partial charge is 0.254 e. The zero-order chi connectivity index (χ0) is 17.8. The molecule has 0 unspecified atom stereocenters. The molecule has 1 heterocycles. The predicted octanol–water partition coefficient (Wildman–Crippen LogP) is 1.77. The number of ether oxygens (including phenoxy) is 1. The van der Waals surface area contributed by atoms with Crippen LogP contribution in [0.5, 0.6) is 5.75 Å². The van der Waals surface area contributed by atoms with Crippen LogP contribution < -0.4 is 20.7 Å². The fourth-order valence-corrected chi connectivity index (χ4v) is 2.53. The van der Waals surface area contributed by atoms with Crippen LogP contribution in [0.15, 0.2) is 48.5 Å². The summed E-state index contributed by atoms with van der Waals surface area (Å²) in [5.41, 5.74) is 1.38. The van der Waals surface area contributed by atoms with E-state index in [9.17, 15) is 14.4 Å². The molecule has 2 aromatic rings. The number of amides is 3. The Hall–Kier alpha value is -3.35. The third-order valence-electron chi connectivity index (χ3n) is 3.81. The maximum absolute atomic E-state index is 12.3. The van der Waals surface area contributed by atoms with Crippen molar-refractivity contribution < 1.29 is 19.1 Å². The van der Waals surface area contributed by atoms with E-state index in [4.69, 9.17) is 4.74 Å². The zero-order valence-electron chi connectivity index (χ0n) is 13.5. The van der Waals surface area contributed by atoms with E-state index in [2.05, 4.69) is 16.0 Å². The van der Waals surface area contributed by atoms with Crippen LogP contribution in [0.4, 0.5) is 11.4 Å². The molecule has 0 radical (unpaired) electrons. The van der Waals surface area contributed by atoms with Crippen LogP contribution in [-0.2, 0) is 9.59 Å². The van der Waals surface area contributed by atoms with Gasteiger partial charge in [-0.1, -0.05) is 12.1 Å². The van der Waals surface area contributed by atoms with E-state index < -0.39 is 17.9 Å². The second-order valence-electron chi connectivity index (χ2n) is 5.54. The van der Waals surface area contributed by atoms with E-state index in [1.165, 1.54) is 0 Å². The van der Waals surface area contributed by atoms with Gasteiger partial charge in [0.05, 0.1) is 24.8 Å². The first kappa shape index (κ1) is 16.5. The van der Waals surface area contributed by atoms with Gasteiger partial charge in [0, 0.05) is 5.69 Å². The molecular weight excluding hydrogens is 322 g/mol. The molecule has 2 aromatic carbocycles. The third-order valence-corrected chi connectivity index (χ3v) is 3.81. The van der Waals surface area contributed by atoms with E-state index in [-0.39, 0.29) is 12.3 Å². The molecule has 7 nitrogen and oxygen atoms in total. The van der Waals surface area contributed by atoms with E-state index in [0.29, 0.717) is 22.7 Å². The van der Waals surface area contributed by atoms with Crippen molar-refractivity contribution in [2.75, 3.05) is 17.7 Å². The highest BCUT2D eigenvalue weighted by molar-refractivity contribution is 6.11. The Morgan fingerprint density at radius 3 is 2.56 bits per heavy atom. The van der Waals surface area contributed by atoms with Gasteiger partial charge in [0.15, 0.2) is 0 Å². The minimum absolute atomic E-state index is 0.169. The lowest BCUT2D eigenvalue weighted by molar-refractivity contribution is -0.122. The summed E-state index contributed by atoms with van der Waals surface area (Å²) in [4.78, 5) is 36.7. The van der Waals surface area contributed by atoms with Crippen LogP contribution in [0, 0.1) is 0 Å². The number of hydrogen-bond donors (Lipinski definition) is 3. The monoisotopic (exact) mass is 339 g/mol. The van der Waals surface area contributed by atoms with Gasteiger partial charge in [-0.25, -0.2) is 0 Å². The molecule has 3 rings (SSSR count). The molecule has 0 bridgehead atoms. The van der Waals surface area contributed by atoms with Crippen LogP contribution in [0.25, 0.3) is 0 Å². The molecule has 1 aliphatic rings. The van der Waals surface area contributed by atoms with E-state index >= 15 is 0 Å². The first-order valence-corrected chi connectivity index (χ1v) is 7.71. The molecule has 1 aliphatic heterocycles. The maximum atomic E-state index is 12.3. The second kappa shape index (κ2) is 7.04. The van der Waals surface area contributed by atoms with Crippen LogP contribution >= 0.6 is 0 Å². The van der Waals surface area contributed by atoms with E-state index in [1.807, 2.05) is 0 Å². The number of fused-ring (bicyclic) bond motifs is 1. The fourth-order valence-electron chi connectivity index (χ4n) is 2.53. The molecular formula is C18H17N3O4. The molecule has 128 valence electrons. The Labute approximate surface area is 144 Å². The predicted molar refractivity (Wildman–Crippen MR) is 92.6 cm³/mol. The number of methoxy groups -OCH3 is 1. The summed E-state index contributed by atoms with van der Waals surface area (Å²) in [6, 6.07) is 12.6. The third kappa shape index (κ3) is 3.77. The summed E-state index contributed by atoms with van der Waals surface area (Å²) >= 11 is 0. The van der Waals surface area contributed by atoms with Crippen molar-refractivity contribution in [3.63, 3.8) is 0 Å². The Kier molecular flexibility index (Phi) is 4.65. The van der Waals surface area contributed by atoms with Crippen LogP contribution in [0.1, 0.15) is 16.8 Å². The lowest BCUT2D eigenvalue weighted by Crippen LogP contribution is -2.43. The summed E-state index contributed by atoms with van der Waals surface area (Å²) in [6.07, 6.45) is -0.169. The first-order chi connectivity index (χ1) is 12.1. The number of benzene rings is 2. The minimum atomic E-state index is -0.946. The molecule has 3 amide bonds. The lowest BCUT2D eigenvalue weighted by atomic mass is 10.1. The average Bonchev–Trinajstić information content (AvgIpc) is 2.72. The molecule has 0 fully saturated rings. The molecule has 0 aliphatic carbocycles. The normalized spacial score (nSPS) is 16.1. The second-order valence-corrected chi connectivity index (χ2v) is 5.54. The Morgan fingerprint density at radius 1 is 1.12 bits per heavy atom. The van der Waals surface area contributed by atoms with Gasteiger partial charge in [-0.15, -0.1) is 0 Å².